The largest absolute Gasteiger partial charge is 0.416 e. The number of likely N-dealkylation sites (tertiary alicyclic amines) is 2. The van der Waals surface area contributed by atoms with Crippen molar-refractivity contribution in [3.63, 3.8) is 0 Å². The average molecular weight is 483 g/mol. The zero-order valence-corrected chi connectivity index (χ0v) is 18.7. The van der Waals surface area contributed by atoms with E-state index in [0.717, 1.165) is 30.5 Å². The number of hydrogen-bond acceptors (Lipinski definition) is 3. The molecule has 3 aliphatic rings. The van der Waals surface area contributed by atoms with Crippen molar-refractivity contribution in [3.05, 3.63) is 58.6 Å². The number of hydrogen-bond donors (Lipinski definition) is 0. The van der Waals surface area contributed by atoms with Crippen LogP contribution in [0.25, 0.3) is 0 Å². The molecule has 3 heterocycles. The van der Waals surface area contributed by atoms with Gasteiger partial charge in [0.25, 0.3) is 0 Å². The van der Waals surface area contributed by atoms with Crippen LogP contribution in [0.5, 0.6) is 0 Å². The molecular formula is C23H23ClF4N4O. The van der Waals surface area contributed by atoms with Crippen LogP contribution in [-0.4, -0.2) is 60.1 Å². The fraction of sp³-hybridized carbons (Fsp3) is 0.478. The number of pyridine rings is 1. The molecule has 10 heteroatoms. The molecule has 0 N–H and O–H groups in total. The fourth-order valence-electron chi connectivity index (χ4n) is 5.25. The van der Waals surface area contributed by atoms with Gasteiger partial charge in [-0.15, -0.1) is 0 Å². The number of carbonyl (C=O) groups excluding carboxylic acids is 1. The van der Waals surface area contributed by atoms with E-state index in [0.29, 0.717) is 37.8 Å². The zero-order chi connectivity index (χ0) is 23.5. The molecule has 1 spiro atoms. The first-order chi connectivity index (χ1) is 15.5. The van der Waals surface area contributed by atoms with Gasteiger partial charge in [0.05, 0.1) is 28.5 Å². The maximum absolute atomic E-state index is 13.4. The summed E-state index contributed by atoms with van der Waals surface area (Å²) < 4.78 is 52.0. The number of halogens is 5. The Bertz CT molecular complexity index is 1070. The van der Waals surface area contributed by atoms with Crippen molar-refractivity contribution in [3.8, 4) is 0 Å². The van der Waals surface area contributed by atoms with E-state index >= 15 is 0 Å². The number of aromatic nitrogens is 1. The Morgan fingerprint density at radius 3 is 2.45 bits per heavy atom. The van der Waals surface area contributed by atoms with E-state index in [1.54, 1.807) is 18.1 Å². The van der Waals surface area contributed by atoms with Gasteiger partial charge < -0.3 is 14.7 Å². The molecule has 1 saturated carbocycles. The van der Waals surface area contributed by atoms with Crippen LogP contribution < -0.4 is 4.90 Å². The molecule has 176 valence electrons. The Morgan fingerprint density at radius 1 is 1.15 bits per heavy atom. The highest BCUT2D eigenvalue weighted by Crippen LogP contribution is 2.56. The Balaban J connectivity index is 1.11. The van der Waals surface area contributed by atoms with Crippen molar-refractivity contribution >= 4 is 23.3 Å². The molecule has 2 saturated heterocycles. The summed E-state index contributed by atoms with van der Waals surface area (Å²) in [5, 5.41) is 0.0369. The Kier molecular flexibility index (Phi) is 5.23. The van der Waals surface area contributed by atoms with Crippen molar-refractivity contribution in [1.29, 1.82) is 0 Å². The van der Waals surface area contributed by atoms with Crippen LogP contribution in [-0.2, 0) is 6.18 Å². The summed E-state index contributed by atoms with van der Waals surface area (Å²) in [6, 6.07) is 4.83. The molecule has 2 aliphatic heterocycles. The summed E-state index contributed by atoms with van der Waals surface area (Å²) in [6.07, 6.45) is 0.329. The molecule has 0 atom stereocenters. The molecule has 0 radical (unpaired) electrons. The van der Waals surface area contributed by atoms with Gasteiger partial charge in [-0.25, -0.2) is 9.18 Å². The lowest BCUT2D eigenvalue weighted by molar-refractivity contribution is -0.137. The number of alkyl halides is 3. The molecule has 1 aliphatic carbocycles. The molecule has 2 aromatic rings. The van der Waals surface area contributed by atoms with E-state index in [9.17, 15) is 22.4 Å². The number of rotatable bonds is 3. The van der Waals surface area contributed by atoms with Crippen LogP contribution in [0.3, 0.4) is 0 Å². The van der Waals surface area contributed by atoms with Crippen LogP contribution in [0.15, 0.2) is 36.7 Å². The van der Waals surface area contributed by atoms with Gasteiger partial charge in [0.2, 0.25) is 0 Å². The normalized spacial score (nSPS) is 20.3. The first-order valence-electron chi connectivity index (χ1n) is 10.8. The second-order valence-corrected chi connectivity index (χ2v) is 9.92. The number of likely N-dealkylation sites (N-methyl/N-ethyl adjacent to an activating group) is 1. The van der Waals surface area contributed by atoms with Crippen LogP contribution in [0.1, 0.15) is 29.9 Å². The van der Waals surface area contributed by atoms with Crippen molar-refractivity contribution in [2.45, 2.75) is 31.0 Å². The molecule has 0 unspecified atom stereocenters. The van der Waals surface area contributed by atoms with Gasteiger partial charge in [-0.3, -0.25) is 4.98 Å². The number of urea groups is 1. The predicted molar refractivity (Wildman–Crippen MR) is 116 cm³/mol. The van der Waals surface area contributed by atoms with E-state index < -0.39 is 11.7 Å². The number of benzene rings is 1. The first-order valence-corrected chi connectivity index (χ1v) is 11.2. The standard InChI is InChI=1S/C23H23ClF4N4O/c1-30(20-3-2-16(5-19(20)24)23(26,27)28)18-10-31(11-18)21(33)32-12-22(13-32)6-15(7-22)14-4-17(25)9-29-8-14/h2-5,8-9,15,18H,6-7,10-13H2,1H3. The summed E-state index contributed by atoms with van der Waals surface area (Å²) in [5.41, 5.74) is 0.771. The van der Waals surface area contributed by atoms with Gasteiger partial charge in [0, 0.05) is 44.8 Å². The van der Waals surface area contributed by atoms with Gasteiger partial charge in [-0.2, -0.15) is 13.2 Å². The van der Waals surface area contributed by atoms with Gasteiger partial charge in [0.1, 0.15) is 5.82 Å². The third kappa shape index (κ3) is 4.00. The van der Waals surface area contributed by atoms with Crippen LogP contribution in [0, 0.1) is 11.2 Å². The van der Waals surface area contributed by atoms with Crippen LogP contribution in [0.2, 0.25) is 5.02 Å². The van der Waals surface area contributed by atoms with Crippen molar-refractivity contribution in [1.82, 2.24) is 14.8 Å². The molecule has 33 heavy (non-hydrogen) atoms. The van der Waals surface area contributed by atoms with Crippen molar-refractivity contribution in [2.75, 3.05) is 38.1 Å². The topological polar surface area (TPSA) is 39.7 Å². The number of carbonyl (C=O) groups is 1. The monoisotopic (exact) mass is 482 g/mol. The smallest absolute Gasteiger partial charge is 0.367 e. The van der Waals surface area contributed by atoms with E-state index in [4.69, 9.17) is 11.6 Å². The van der Waals surface area contributed by atoms with Crippen molar-refractivity contribution in [2.24, 2.45) is 5.41 Å². The molecule has 1 aromatic heterocycles. The maximum Gasteiger partial charge on any atom is 0.416 e. The zero-order valence-electron chi connectivity index (χ0n) is 17.9. The second kappa shape index (κ2) is 7.75. The molecule has 2 amide bonds. The molecule has 3 fully saturated rings. The Hall–Kier alpha value is -2.55. The second-order valence-electron chi connectivity index (χ2n) is 9.51. The highest BCUT2D eigenvalue weighted by Gasteiger charge is 2.55. The molecule has 5 rings (SSSR count). The quantitative estimate of drug-likeness (QED) is 0.577. The number of anilines is 1. The third-order valence-corrected chi connectivity index (χ3v) is 7.52. The van der Waals surface area contributed by atoms with E-state index in [-0.39, 0.29) is 28.3 Å². The summed E-state index contributed by atoms with van der Waals surface area (Å²) in [6.45, 7) is 2.39. The lowest BCUT2D eigenvalue weighted by atomic mass is 9.56. The molecule has 0 bridgehead atoms. The highest BCUT2D eigenvalue weighted by atomic mass is 35.5. The summed E-state index contributed by atoms with van der Waals surface area (Å²) >= 11 is 6.10. The van der Waals surface area contributed by atoms with Gasteiger partial charge >= 0.3 is 12.2 Å². The predicted octanol–water partition coefficient (Wildman–Crippen LogP) is 5.01. The van der Waals surface area contributed by atoms with Crippen molar-refractivity contribution < 1.29 is 22.4 Å². The number of nitrogens with zero attached hydrogens (tertiary/aromatic N) is 4. The van der Waals surface area contributed by atoms with Gasteiger partial charge in [0.15, 0.2) is 0 Å². The highest BCUT2D eigenvalue weighted by molar-refractivity contribution is 6.33. The minimum atomic E-state index is -4.44. The minimum absolute atomic E-state index is 0.00742. The average Bonchev–Trinajstić information content (AvgIpc) is 2.63. The lowest BCUT2D eigenvalue weighted by Gasteiger charge is -2.60. The first kappa shape index (κ1) is 22.3. The van der Waals surface area contributed by atoms with Gasteiger partial charge in [-0.05, 0) is 48.6 Å². The van der Waals surface area contributed by atoms with E-state index in [1.165, 1.54) is 18.3 Å². The Morgan fingerprint density at radius 2 is 1.85 bits per heavy atom. The fourth-order valence-corrected chi connectivity index (χ4v) is 5.57. The van der Waals surface area contributed by atoms with Crippen LogP contribution in [0.4, 0.5) is 28.0 Å². The molecule has 1 aromatic carbocycles. The van der Waals surface area contributed by atoms with Crippen LogP contribution >= 0.6 is 11.6 Å². The lowest BCUT2D eigenvalue weighted by Crippen LogP contribution is -2.69. The summed E-state index contributed by atoms with van der Waals surface area (Å²) in [7, 11) is 1.77. The Labute approximate surface area is 193 Å². The van der Waals surface area contributed by atoms with E-state index in [1.807, 2.05) is 9.80 Å². The van der Waals surface area contributed by atoms with E-state index in [2.05, 4.69) is 4.98 Å². The SMILES string of the molecule is CN(c1ccc(C(F)(F)F)cc1Cl)C1CN(C(=O)N2CC3(CC(c4cncc(F)c4)C3)C2)C1. The number of amides is 2. The molecular weight excluding hydrogens is 460 g/mol. The summed E-state index contributed by atoms with van der Waals surface area (Å²) in [4.78, 5) is 22.1. The minimum Gasteiger partial charge on any atom is -0.367 e. The maximum atomic E-state index is 13.4. The third-order valence-electron chi connectivity index (χ3n) is 7.21. The summed E-state index contributed by atoms with van der Waals surface area (Å²) in [5.74, 6) is -0.0327. The molecule has 5 nitrogen and oxygen atoms in total. The van der Waals surface area contributed by atoms with Gasteiger partial charge in [-0.1, -0.05) is 11.6 Å².